The molecule has 0 bridgehead atoms. The number of likely N-dealkylation sites (tertiary alicyclic amines) is 1. The highest BCUT2D eigenvalue weighted by atomic mass is 16.5. The van der Waals surface area contributed by atoms with Gasteiger partial charge in [0.15, 0.2) is 0 Å². The first-order valence-corrected chi connectivity index (χ1v) is 6.59. The molecule has 100 valence electrons. The van der Waals surface area contributed by atoms with Crippen LogP contribution >= 0.6 is 0 Å². The van der Waals surface area contributed by atoms with Crippen LogP contribution in [0.4, 0.5) is 0 Å². The smallest absolute Gasteiger partial charge is 0.323 e. The molecule has 1 aliphatic heterocycles. The average Bonchev–Trinajstić information content (AvgIpc) is 2.95. The summed E-state index contributed by atoms with van der Waals surface area (Å²) in [4.78, 5) is 14.0. The predicted molar refractivity (Wildman–Crippen MR) is 68.1 cm³/mol. The number of ether oxygens (including phenoxy) is 1. The maximum absolute atomic E-state index is 11.8. The Morgan fingerprint density at radius 3 is 3.11 bits per heavy atom. The monoisotopic (exact) mass is 251 g/mol. The summed E-state index contributed by atoms with van der Waals surface area (Å²) < 4.78 is 6.92. The molecule has 1 saturated heterocycles. The largest absolute Gasteiger partial charge is 0.465 e. The molecule has 0 N–H and O–H groups in total. The first-order valence-electron chi connectivity index (χ1n) is 6.59. The third-order valence-electron chi connectivity index (χ3n) is 3.37. The van der Waals surface area contributed by atoms with Crippen molar-refractivity contribution in [1.29, 1.82) is 0 Å². The molecule has 1 aromatic rings. The maximum Gasteiger partial charge on any atom is 0.323 e. The first-order chi connectivity index (χ1) is 8.70. The highest BCUT2D eigenvalue weighted by Gasteiger charge is 2.31. The van der Waals surface area contributed by atoms with Crippen LogP contribution in [0.5, 0.6) is 0 Å². The summed E-state index contributed by atoms with van der Waals surface area (Å²) in [6.45, 7) is 4.21. The van der Waals surface area contributed by atoms with Gasteiger partial charge < -0.3 is 4.74 Å². The van der Waals surface area contributed by atoms with Gasteiger partial charge in [-0.2, -0.15) is 5.10 Å². The van der Waals surface area contributed by atoms with E-state index in [1.54, 1.807) is 0 Å². The Kier molecular flexibility index (Phi) is 4.36. The molecule has 2 rings (SSSR count). The van der Waals surface area contributed by atoms with E-state index in [0.717, 1.165) is 32.4 Å². The molecule has 18 heavy (non-hydrogen) atoms. The van der Waals surface area contributed by atoms with Crippen molar-refractivity contribution in [2.75, 3.05) is 19.7 Å². The third kappa shape index (κ3) is 3.10. The molecule has 2 heterocycles. The lowest BCUT2D eigenvalue weighted by molar-refractivity contribution is -0.148. The Balaban J connectivity index is 1.86. The lowest BCUT2D eigenvalue weighted by atomic mass is 10.2. The number of hydrogen-bond acceptors (Lipinski definition) is 4. The van der Waals surface area contributed by atoms with Crippen molar-refractivity contribution in [3.63, 3.8) is 0 Å². The molecule has 1 aromatic heterocycles. The Hall–Kier alpha value is -1.36. The molecule has 1 fully saturated rings. The zero-order valence-corrected chi connectivity index (χ0v) is 11.1. The molecular formula is C13H21N3O2. The molecule has 0 saturated carbocycles. The summed E-state index contributed by atoms with van der Waals surface area (Å²) in [6, 6.07) is -0.0402. The highest BCUT2D eigenvalue weighted by molar-refractivity contribution is 5.76. The second kappa shape index (κ2) is 6.00. The Bertz CT molecular complexity index is 403. The fraction of sp³-hybridized carbons (Fsp3) is 0.692. The van der Waals surface area contributed by atoms with Gasteiger partial charge in [0.05, 0.1) is 12.8 Å². The van der Waals surface area contributed by atoms with Crippen molar-refractivity contribution in [3.8, 4) is 0 Å². The Labute approximate surface area is 108 Å². The minimum absolute atomic E-state index is 0.0402. The van der Waals surface area contributed by atoms with E-state index in [1.165, 1.54) is 5.56 Å². The fourth-order valence-electron chi connectivity index (χ4n) is 2.47. The zero-order chi connectivity index (χ0) is 13.0. The summed E-state index contributed by atoms with van der Waals surface area (Å²) >= 11 is 0. The van der Waals surface area contributed by atoms with Crippen LogP contribution in [0.3, 0.4) is 0 Å². The van der Waals surface area contributed by atoms with Gasteiger partial charge in [0.2, 0.25) is 0 Å². The van der Waals surface area contributed by atoms with Crippen LogP contribution in [0.2, 0.25) is 0 Å². The van der Waals surface area contributed by atoms with Crippen LogP contribution in [0.25, 0.3) is 0 Å². The normalized spacial score (nSPS) is 20.2. The molecular weight excluding hydrogens is 230 g/mol. The maximum atomic E-state index is 11.8. The molecule has 1 unspecified atom stereocenters. The topological polar surface area (TPSA) is 47.4 Å². The van der Waals surface area contributed by atoms with Crippen molar-refractivity contribution in [3.05, 3.63) is 18.0 Å². The van der Waals surface area contributed by atoms with Gasteiger partial charge >= 0.3 is 5.97 Å². The molecule has 0 spiro atoms. The molecule has 0 aliphatic carbocycles. The molecule has 1 atom stereocenters. The van der Waals surface area contributed by atoms with Crippen LogP contribution < -0.4 is 0 Å². The lowest BCUT2D eigenvalue weighted by Crippen LogP contribution is -2.38. The SMILES string of the molecule is CCOC(=O)C1CCCN1CCc1cnn(C)c1. The van der Waals surface area contributed by atoms with Crippen LogP contribution in [0, 0.1) is 0 Å². The van der Waals surface area contributed by atoms with Gasteiger partial charge in [0.1, 0.15) is 6.04 Å². The van der Waals surface area contributed by atoms with E-state index in [9.17, 15) is 4.79 Å². The molecule has 5 heteroatoms. The van der Waals surface area contributed by atoms with E-state index in [0.29, 0.717) is 6.61 Å². The molecule has 0 aromatic carbocycles. The molecule has 1 aliphatic rings. The third-order valence-corrected chi connectivity index (χ3v) is 3.37. The number of esters is 1. The van der Waals surface area contributed by atoms with Gasteiger partial charge in [0.25, 0.3) is 0 Å². The van der Waals surface area contributed by atoms with E-state index in [4.69, 9.17) is 4.74 Å². The number of hydrogen-bond donors (Lipinski definition) is 0. The summed E-state index contributed by atoms with van der Waals surface area (Å²) in [7, 11) is 1.92. The Morgan fingerprint density at radius 2 is 2.44 bits per heavy atom. The van der Waals surface area contributed by atoms with Crippen molar-refractivity contribution in [2.45, 2.75) is 32.2 Å². The van der Waals surface area contributed by atoms with Gasteiger partial charge in [-0.15, -0.1) is 0 Å². The minimum Gasteiger partial charge on any atom is -0.465 e. The zero-order valence-electron chi connectivity index (χ0n) is 11.1. The number of nitrogens with zero attached hydrogens (tertiary/aromatic N) is 3. The number of aromatic nitrogens is 2. The standard InChI is InChI=1S/C13H21N3O2/c1-3-18-13(17)12-5-4-7-16(12)8-6-11-9-14-15(2)10-11/h9-10,12H,3-8H2,1-2H3. The van der Waals surface area contributed by atoms with Gasteiger partial charge in [0, 0.05) is 19.8 Å². The average molecular weight is 251 g/mol. The van der Waals surface area contributed by atoms with E-state index in [2.05, 4.69) is 10.00 Å². The fourth-order valence-corrected chi connectivity index (χ4v) is 2.47. The Morgan fingerprint density at radius 1 is 1.61 bits per heavy atom. The summed E-state index contributed by atoms with van der Waals surface area (Å²) in [5, 5.41) is 4.15. The van der Waals surface area contributed by atoms with E-state index in [1.807, 2.05) is 31.0 Å². The van der Waals surface area contributed by atoms with E-state index in [-0.39, 0.29) is 12.0 Å². The summed E-state index contributed by atoms with van der Waals surface area (Å²) in [5.74, 6) is -0.0683. The summed E-state index contributed by atoms with van der Waals surface area (Å²) in [5.41, 5.74) is 1.21. The van der Waals surface area contributed by atoms with Crippen LogP contribution in [0.1, 0.15) is 25.3 Å². The van der Waals surface area contributed by atoms with Gasteiger partial charge in [-0.05, 0) is 38.3 Å². The van der Waals surface area contributed by atoms with E-state index < -0.39 is 0 Å². The molecule has 5 nitrogen and oxygen atoms in total. The van der Waals surface area contributed by atoms with Crippen LogP contribution in [-0.4, -0.2) is 46.4 Å². The number of carbonyl (C=O) groups excluding carboxylic acids is 1. The van der Waals surface area contributed by atoms with Crippen molar-refractivity contribution in [2.24, 2.45) is 7.05 Å². The van der Waals surface area contributed by atoms with Gasteiger partial charge in [-0.25, -0.2) is 0 Å². The second-order valence-electron chi connectivity index (χ2n) is 4.72. The summed E-state index contributed by atoms with van der Waals surface area (Å²) in [6.07, 6.45) is 6.84. The number of carbonyl (C=O) groups is 1. The van der Waals surface area contributed by atoms with E-state index >= 15 is 0 Å². The van der Waals surface area contributed by atoms with Crippen LogP contribution in [0.15, 0.2) is 12.4 Å². The lowest BCUT2D eigenvalue weighted by Gasteiger charge is -2.22. The van der Waals surface area contributed by atoms with Crippen LogP contribution in [-0.2, 0) is 23.0 Å². The van der Waals surface area contributed by atoms with Crippen molar-refractivity contribution >= 4 is 5.97 Å². The van der Waals surface area contributed by atoms with Crippen molar-refractivity contribution < 1.29 is 9.53 Å². The first kappa shape index (κ1) is 13.1. The highest BCUT2D eigenvalue weighted by Crippen LogP contribution is 2.18. The number of aryl methyl sites for hydroxylation is 1. The predicted octanol–water partition coefficient (Wildman–Crippen LogP) is 0.990. The molecule has 0 amide bonds. The van der Waals surface area contributed by atoms with Crippen molar-refractivity contribution in [1.82, 2.24) is 14.7 Å². The molecule has 0 radical (unpaired) electrons. The van der Waals surface area contributed by atoms with Gasteiger partial charge in [-0.1, -0.05) is 0 Å². The van der Waals surface area contributed by atoms with Gasteiger partial charge in [-0.3, -0.25) is 14.4 Å². The number of rotatable bonds is 5. The quantitative estimate of drug-likeness (QED) is 0.732. The minimum atomic E-state index is -0.0683. The second-order valence-corrected chi connectivity index (χ2v) is 4.72.